The Hall–Kier alpha value is -3.44. The van der Waals surface area contributed by atoms with Gasteiger partial charge in [0.1, 0.15) is 16.8 Å². The second-order valence-corrected chi connectivity index (χ2v) is 12.9. The van der Waals surface area contributed by atoms with Gasteiger partial charge in [-0.05, 0) is 88.5 Å². The summed E-state index contributed by atoms with van der Waals surface area (Å²) in [6.45, 7) is 17.3. The number of aromatic amines is 1. The number of amides is 2. The smallest absolute Gasteiger partial charge is 0.321 e. The van der Waals surface area contributed by atoms with Crippen LogP contribution in [0.25, 0.3) is 0 Å². The molecule has 0 aliphatic heterocycles. The lowest BCUT2D eigenvalue weighted by Gasteiger charge is -2.35. The van der Waals surface area contributed by atoms with E-state index in [1.54, 1.807) is 69.2 Å². The van der Waals surface area contributed by atoms with Crippen molar-refractivity contribution in [2.45, 2.75) is 130 Å². The molecule has 1 heterocycles. The van der Waals surface area contributed by atoms with Gasteiger partial charge in [-0.25, -0.2) is 9.78 Å². The molecule has 0 fully saturated rings. The van der Waals surface area contributed by atoms with Crippen LogP contribution in [0.5, 0.6) is 0 Å². The van der Waals surface area contributed by atoms with Crippen LogP contribution in [0, 0.1) is 6.92 Å². The highest BCUT2D eigenvalue weighted by molar-refractivity contribution is 5.88. The van der Waals surface area contributed by atoms with Crippen molar-refractivity contribution in [3.8, 4) is 0 Å². The number of hydrogen-bond donors (Lipinski definition) is 3. The molecule has 0 bridgehead atoms. The Labute approximate surface area is 236 Å². The fraction of sp³-hybridized carbons (Fsp3) is 0.714. The molecule has 0 aliphatic rings. The summed E-state index contributed by atoms with van der Waals surface area (Å²) in [6, 6.07) is 0.530. The summed E-state index contributed by atoms with van der Waals surface area (Å²) in [7, 11) is 0. The number of aromatic nitrogens is 2. The number of rotatable bonds is 11. The average Bonchev–Trinajstić information content (AvgIpc) is 2.70. The van der Waals surface area contributed by atoms with Crippen LogP contribution < -0.4 is 16.2 Å². The molecule has 0 atom stereocenters. The number of ether oxygens (including phenoxy) is 3. The average molecular weight is 567 g/mol. The molecule has 0 saturated heterocycles. The summed E-state index contributed by atoms with van der Waals surface area (Å²) in [5.41, 5.74) is -3.45. The van der Waals surface area contributed by atoms with Gasteiger partial charge in [0.2, 0.25) is 5.95 Å². The molecular formula is C28H46N4O8. The number of carbonyl (C=O) groups excluding carboxylic acids is 4. The Kier molecular flexibility index (Phi) is 11.9. The first kappa shape index (κ1) is 34.6. The van der Waals surface area contributed by atoms with Crippen LogP contribution in [0.1, 0.15) is 107 Å². The Morgan fingerprint density at radius 2 is 1.12 bits per heavy atom. The van der Waals surface area contributed by atoms with Gasteiger partial charge in [-0.3, -0.25) is 29.5 Å². The first-order chi connectivity index (χ1) is 18.1. The molecule has 0 spiro atoms. The molecule has 1 aromatic heterocycles. The van der Waals surface area contributed by atoms with Gasteiger partial charge in [0.05, 0.1) is 0 Å². The second-order valence-electron chi connectivity index (χ2n) is 12.9. The maximum Gasteiger partial charge on any atom is 0.321 e. The number of aryl methyl sites for hydroxylation is 1. The van der Waals surface area contributed by atoms with Gasteiger partial charge in [0.25, 0.3) is 5.56 Å². The third-order valence-electron chi connectivity index (χ3n) is 5.16. The third-order valence-corrected chi connectivity index (χ3v) is 5.16. The van der Waals surface area contributed by atoms with E-state index in [1.807, 2.05) is 0 Å². The lowest BCUT2D eigenvalue weighted by atomic mass is 9.83. The summed E-state index contributed by atoms with van der Waals surface area (Å²) in [4.78, 5) is 69.4. The molecule has 12 nitrogen and oxygen atoms in total. The predicted molar refractivity (Wildman–Crippen MR) is 150 cm³/mol. The van der Waals surface area contributed by atoms with Crippen molar-refractivity contribution in [1.82, 2.24) is 15.3 Å². The Balaban J connectivity index is 3.31. The first-order valence-corrected chi connectivity index (χ1v) is 13.4. The van der Waals surface area contributed by atoms with Crippen molar-refractivity contribution in [2.24, 2.45) is 0 Å². The van der Waals surface area contributed by atoms with Crippen molar-refractivity contribution in [2.75, 3.05) is 5.32 Å². The van der Waals surface area contributed by atoms with Crippen LogP contribution in [-0.2, 0) is 28.6 Å². The zero-order chi connectivity index (χ0) is 30.9. The molecule has 0 aromatic carbocycles. The minimum absolute atomic E-state index is 0.0543. The standard InChI is InChI=1S/C28H46N4O8/c1-18-17-19(33)30-23(29-18)31-24(37)32-28(14-11-20(34)38-25(2,3)4,15-12-21(35)39-26(5,6)7)16-13-22(36)40-27(8,9)10/h17H,11-16H2,1-10H3,(H3,29,30,31,32,33,37). The molecule has 0 unspecified atom stereocenters. The maximum absolute atomic E-state index is 13.1. The predicted octanol–water partition coefficient (Wildman–Crippen LogP) is 4.30. The van der Waals surface area contributed by atoms with E-state index in [4.69, 9.17) is 14.2 Å². The van der Waals surface area contributed by atoms with Crippen LogP contribution in [0.2, 0.25) is 0 Å². The summed E-state index contributed by atoms with van der Waals surface area (Å²) in [5, 5.41) is 5.33. The second kappa shape index (κ2) is 13.8. The molecule has 0 radical (unpaired) electrons. The van der Waals surface area contributed by atoms with Crippen LogP contribution in [-0.4, -0.2) is 56.2 Å². The molecule has 2 amide bonds. The van der Waals surface area contributed by atoms with Gasteiger partial charge in [0, 0.05) is 36.6 Å². The molecule has 0 saturated carbocycles. The molecule has 226 valence electrons. The topological polar surface area (TPSA) is 166 Å². The molecule has 1 rings (SSSR count). The number of anilines is 1. The van der Waals surface area contributed by atoms with Gasteiger partial charge in [-0.1, -0.05) is 0 Å². The van der Waals surface area contributed by atoms with E-state index in [9.17, 15) is 24.0 Å². The number of nitrogens with one attached hydrogen (secondary N) is 3. The van der Waals surface area contributed by atoms with Crippen molar-refractivity contribution < 1.29 is 33.4 Å². The van der Waals surface area contributed by atoms with E-state index in [0.717, 1.165) is 0 Å². The molecule has 12 heteroatoms. The quantitative estimate of drug-likeness (QED) is 0.261. The fourth-order valence-electron chi connectivity index (χ4n) is 3.78. The van der Waals surface area contributed by atoms with E-state index >= 15 is 0 Å². The third kappa shape index (κ3) is 15.2. The molecule has 0 aliphatic carbocycles. The lowest BCUT2D eigenvalue weighted by molar-refractivity contribution is -0.155. The highest BCUT2D eigenvalue weighted by Gasteiger charge is 2.36. The highest BCUT2D eigenvalue weighted by atomic mass is 16.6. The van der Waals surface area contributed by atoms with Crippen molar-refractivity contribution in [1.29, 1.82) is 0 Å². The summed E-state index contributed by atoms with van der Waals surface area (Å²) in [6.07, 6.45) is -0.130. The number of urea groups is 1. The van der Waals surface area contributed by atoms with Crippen LogP contribution in [0.3, 0.4) is 0 Å². The Bertz CT molecular complexity index is 1030. The minimum atomic E-state index is -1.22. The van der Waals surface area contributed by atoms with Crippen molar-refractivity contribution in [3.63, 3.8) is 0 Å². The molecule has 40 heavy (non-hydrogen) atoms. The number of nitrogens with zero attached hydrogens (tertiary/aromatic N) is 1. The Morgan fingerprint density at radius 3 is 1.45 bits per heavy atom. The van der Waals surface area contributed by atoms with Gasteiger partial charge >= 0.3 is 23.9 Å². The summed E-state index contributed by atoms with van der Waals surface area (Å²) < 4.78 is 16.3. The van der Waals surface area contributed by atoms with E-state index in [1.165, 1.54) is 6.07 Å². The zero-order valence-electron chi connectivity index (χ0n) is 25.5. The largest absolute Gasteiger partial charge is 0.460 e. The van der Waals surface area contributed by atoms with Gasteiger partial charge in [0.15, 0.2) is 0 Å². The van der Waals surface area contributed by atoms with E-state index in [-0.39, 0.29) is 44.5 Å². The van der Waals surface area contributed by atoms with Crippen molar-refractivity contribution >= 4 is 29.9 Å². The maximum atomic E-state index is 13.1. The highest BCUT2D eigenvalue weighted by Crippen LogP contribution is 2.28. The summed E-state index contributed by atoms with van der Waals surface area (Å²) in [5.74, 6) is -1.59. The molecular weight excluding hydrogens is 520 g/mol. The van der Waals surface area contributed by atoms with Gasteiger partial charge in [-0.2, -0.15) is 0 Å². The number of H-pyrrole nitrogens is 1. The Morgan fingerprint density at radius 1 is 0.750 bits per heavy atom. The lowest BCUT2D eigenvalue weighted by Crippen LogP contribution is -2.51. The monoisotopic (exact) mass is 566 g/mol. The van der Waals surface area contributed by atoms with E-state index in [0.29, 0.717) is 5.69 Å². The summed E-state index contributed by atoms with van der Waals surface area (Å²) >= 11 is 0. The van der Waals surface area contributed by atoms with E-state index in [2.05, 4.69) is 20.6 Å². The van der Waals surface area contributed by atoms with Crippen LogP contribution >= 0.6 is 0 Å². The van der Waals surface area contributed by atoms with Crippen LogP contribution in [0.4, 0.5) is 10.7 Å². The minimum Gasteiger partial charge on any atom is -0.460 e. The normalized spacial score (nSPS) is 12.3. The molecule has 1 aromatic rings. The van der Waals surface area contributed by atoms with Crippen molar-refractivity contribution in [3.05, 3.63) is 22.1 Å². The van der Waals surface area contributed by atoms with Gasteiger partial charge in [-0.15, -0.1) is 0 Å². The number of esters is 3. The first-order valence-electron chi connectivity index (χ1n) is 13.4. The fourth-order valence-corrected chi connectivity index (χ4v) is 3.78. The van der Waals surface area contributed by atoms with Gasteiger partial charge < -0.3 is 19.5 Å². The SMILES string of the molecule is Cc1cc(=O)[nH]c(NC(=O)NC(CCC(=O)OC(C)(C)C)(CCC(=O)OC(C)(C)C)CCC(=O)OC(C)(C)C)n1. The van der Waals surface area contributed by atoms with Crippen LogP contribution in [0.15, 0.2) is 10.9 Å². The zero-order valence-corrected chi connectivity index (χ0v) is 25.5. The number of hydrogen-bond acceptors (Lipinski definition) is 9. The molecule has 3 N–H and O–H groups in total. The number of carbonyl (C=O) groups is 4. The van der Waals surface area contributed by atoms with E-state index < -0.39 is 51.8 Å².